The third-order valence-corrected chi connectivity index (χ3v) is 9.62. The Morgan fingerprint density at radius 2 is 1.44 bits per heavy atom. The summed E-state index contributed by atoms with van der Waals surface area (Å²) in [6.45, 7) is 7.96. The fourth-order valence-corrected chi connectivity index (χ4v) is 6.65. The summed E-state index contributed by atoms with van der Waals surface area (Å²) in [4.78, 5) is 10.5. The second-order valence-electron chi connectivity index (χ2n) is 6.34. The number of primary amides is 1. The zero-order valence-corrected chi connectivity index (χ0v) is 22.2. The van der Waals surface area contributed by atoms with Gasteiger partial charge in [0.1, 0.15) is 0 Å². The molecule has 1 rings (SSSR count). The first-order chi connectivity index (χ1) is 15.4. The Labute approximate surface area is 194 Å². The molecule has 1 aromatic carbocycles. The van der Waals surface area contributed by atoms with Crippen LogP contribution in [0.25, 0.3) is 6.08 Å². The molecule has 0 aliphatic carbocycles. The van der Waals surface area contributed by atoms with Crippen LogP contribution in [-0.4, -0.2) is 71.3 Å². The summed E-state index contributed by atoms with van der Waals surface area (Å²) in [5.74, 6) is 0. The lowest BCUT2D eigenvalue weighted by atomic mass is 10.2. The molecule has 3 N–H and O–H groups in total. The van der Waals surface area contributed by atoms with E-state index >= 15 is 0 Å². The first kappa shape index (κ1) is 30.4. The van der Waals surface area contributed by atoms with Crippen LogP contribution in [0.1, 0.15) is 32.8 Å². The molecule has 1 aromatic rings. The van der Waals surface area contributed by atoms with Gasteiger partial charge in [-0.15, -0.1) is 0 Å². The highest BCUT2D eigenvalue weighted by molar-refractivity contribution is 6.66. The average Bonchev–Trinajstić information content (AvgIpc) is 2.80. The zero-order chi connectivity index (χ0) is 24.3. The van der Waals surface area contributed by atoms with E-state index in [-0.39, 0.29) is 0 Å². The fourth-order valence-electron chi connectivity index (χ4n) is 2.73. The molecule has 0 fully saturated rings. The maximum absolute atomic E-state index is 10.5. The SMILES string of the molecule is CCO[Si](CCCNC(N)=O)(OCC)OCC.CO[Si](C=Cc1ccccc1)(OC)OC. The molecule has 0 aromatic heterocycles. The number of urea groups is 1. The first-order valence-corrected chi connectivity index (χ1v) is 14.4. The summed E-state index contributed by atoms with van der Waals surface area (Å²) in [7, 11) is -0.365. The van der Waals surface area contributed by atoms with Crippen molar-refractivity contribution < 1.29 is 31.4 Å². The second kappa shape index (κ2) is 17.9. The van der Waals surface area contributed by atoms with Crippen molar-refractivity contribution in [2.75, 3.05) is 47.7 Å². The molecule has 0 bridgehead atoms. The quantitative estimate of drug-likeness (QED) is 0.288. The largest absolute Gasteiger partial charge is 0.528 e. The molecule has 32 heavy (non-hydrogen) atoms. The normalized spacial score (nSPS) is 11.8. The molecule has 0 radical (unpaired) electrons. The molecule has 0 spiro atoms. The van der Waals surface area contributed by atoms with Crippen molar-refractivity contribution in [3.8, 4) is 0 Å². The molecule has 0 atom stereocenters. The molecule has 0 aliphatic heterocycles. The summed E-state index contributed by atoms with van der Waals surface area (Å²) < 4.78 is 32.8. The van der Waals surface area contributed by atoms with Gasteiger partial charge in [-0.25, -0.2) is 4.79 Å². The van der Waals surface area contributed by atoms with Crippen molar-refractivity contribution >= 4 is 29.7 Å². The van der Waals surface area contributed by atoms with E-state index in [1.165, 1.54) is 0 Å². The summed E-state index contributed by atoms with van der Waals surface area (Å²) in [5.41, 5.74) is 7.95. The van der Waals surface area contributed by atoms with E-state index in [9.17, 15) is 4.79 Å². The molecule has 11 heteroatoms. The van der Waals surface area contributed by atoms with Gasteiger partial charge >= 0.3 is 23.6 Å². The smallest absolute Gasteiger partial charge is 0.374 e. The van der Waals surface area contributed by atoms with E-state index in [0.29, 0.717) is 32.4 Å². The van der Waals surface area contributed by atoms with E-state index in [1.807, 2.05) is 62.9 Å². The Morgan fingerprint density at radius 3 is 1.84 bits per heavy atom. The van der Waals surface area contributed by atoms with E-state index < -0.39 is 23.6 Å². The van der Waals surface area contributed by atoms with Crippen molar-refractivity contribution in [1.29, 1.82) is 0 Å². The van der Waals surface area contributed by atoms with Crippen LogP contribution in [-0.2, 0) is 26.6 Å². The minimum Gasteiger partial charge on any atom is -0.374 e. The van der Waals surface area contributed by atoms with Crippen LogP contribution in [0.2, 0.25) is 6.04 Å². The first-order valence-electron chi connectivity index (χ1n) is 10.7. The maximum atomic E-state index is 10.5. The van der Waals surface area contributed by atoms with Gasteiger partial charge in [0.15, 0.2) is 0 Å². The molecule has 2 amide bonds. The molecule has 0 saturated heterocycles. The van der Waals surface area contributed by atoms with Crippen molar-refractivity contribution in [2.45, 2.75) is 33.2 Å². The topological polar surface area (TPSA) is 111 Å². The lowest BCUT2D eigenvalue weighted by molar-refractivity contribution is 0.0708. The standard InChI is InChI=1S/C11H16O3Si.C10H24N2O4Si/c1-12-15(13-2,14-3)10-9-11-7-5-4-6-8-11;1-4-14-17(15-5-2,16-6-3)9-7-8-12-10(11)13/h4-10H,1-3H3;4-9H2,1-3H3,(H3,11,12,13). The van der Waals surface area contributed by atoms with Gasteiger partial charge in [-0.1, -0.05) is 36.4 Å². The van der Waals surface area contributed by atoms with Gasteiger partial charge < -0.3 is 37.6 Å². The maximum Gasteiger partial charge on any atom is 0.528 e. The van der Waals surface area contributed by atoms with Gasteiger partial charge in [-0.3, -0.25) is 0 Å². The Balaban J connectivity index is 0.000000604. The molecule has 0 heterocycles. The number of hydrogen-bond donors (Lipinski definition) is 2. The van der Waals surface area contributed by atoms with Crippen LogP contribution >= 0.6 is 0 Å². The van der Waals surface area contributed by atoms with Gasteiger partial charge in [0.25, 0.3) is 0 Å². The van der Waals surface area contributed by atoms with E-state index in [4.69, 9.17) is 32.3 Å². The van der Waals surface area contributed by atoms with E-state index in [2.05, 4.69) is 5.32 Å². The fraction of sp³-hybridized carbons (Fsp3) is 0.571. The third-order valence-electron chi connectivity index (χ3n) is 4.18. The molecule has 0 aliphatic rings. The molecule has 184 valence electrons. The predicted octanol–water partition coefficient (Wildman–Crippen LogP) is 3.21. The van der Waals surface area contributed by atoms with E-state index in [1.54, 1.807) is 21.3 Å². The summed E-state index contributed by atoms with van der Waals surface area (Å²) in [6.07, 6.45) is 2.68. The van der Waals surface area contributed by atoms with Crippen LogP contribution in [0.4, 0.5) is 4.79 Å². The van der Waals surface area contributed by atoms with Crippen molar-refractivity contribution in [3.05, 3.63) is 41.6 Å². The van der Waals surface area contributed by atoms with Gasteiger partial charge in [0.2, 0.25) is 0 Å². The van der Waals surface area contributed by atoms with Crippen molar-refractivity contribution in [2.24, 2.45) is 5.73 Å². The predicted molar refractivity (Wildman–Crippen MR) is 130 cm³/mol. The number of rotatable bonds is 15. The number of amides is 2. The molecule has 9 nitrogen and oxygen atoms in total. The number of nitrogens with one attached hydrogen (secondary N) is 1. The lowest BCUT2D eigenvalue weighted by Crippen LogP contribution is -2.46. The number of hydrogen-bond acceptors (Lipinski definition) is 7. The van der Waals surface area contributed by atoms with Crippen LogP contribution in [0.15, 0.2) is 36.0 Å². The van der Waals surface area contributed by atoms with Crippen LogP contribution in [0, 0.1) is 0 Å². The highest BCUT2D eigenvalue weighted by atomic mass is 28.4. The molecular formula is C21H40N2O7Si2. The number of benzene rings is 1. The highest BCUT2D eigenvalue weighted by Crippen LogP contribution is 2.17. The monoisotopic (exact) mass is 488 g/mol. The van der Waals surface area contributed by atoms with Gasteiger partial charge in [-0.05, 0) is 38.5 Å². The van der Waals surface area contributed by atoms with Gasteiger partial charge in [0, 0.05) is 53.7 Å². The third kappa shape index (κ3) is 12.5. The van der Waals surface area contributed by atoms with Gasteiger partial charge in [0.05, 0.1) is 0 Å². The van der Waals surface area contributed by atoms with E-state index in [0.717, 1.165) is 12.0 Å². The van der Waals surface area contributed by atoms with Crippen LogP contribution in [0.3, 0.4) is 0 Å². The van der Waals surface area contributed by atoms with Crippen LogP contribution in [0.5, 0.6) is 0 Å². The van der Waals surface area contributed by atoms with Gasteiger partial charge in [-0.2, -0.15) is 0 Å². The highest BCUT2D eigenvalue weighted by Gasteiger charge is 2.39. The summed E-state index contributed by atoms with van der Waals surface area (Å²) >= 11 is 0. The lowest BCUT2D eigenvalue weighted by Gasteiger charge is -2.28. The molecule has 0 unspecified atom stereocenters. The van der Waals surface area contributed by atoms with Crippen molar-refractivity contribution in [3.63, 3.8) is 0 Å². The van der Waals surface area contributed by atoms with Crippen LogP contribution < -0.4 is 11.1 Å². The number of nitrogens with two attached hydrogens (primary N) is 1. The minimum absolute atomic E-state index is 0.511. The Kier molecular flexibility index (Phi) is 17.0. The Morgan fingerprint density at radius 1 is 0.938 bits per heavy atom. The summed E-state index contributed by atoms with van der Waals surface area (Å²) in [6, 6.07) is 10.1. The molecule has 0 saturated carbocycles. The Bertz CT molecular complexity index is 607. The minimum atomic E-state index is -2.58. The number of carbonyl (C=O) groups excluding carboxylic acids is 1. The molecular weight excluding hydrogens is 448 g/mol. The van der Waals surface area contributed by atoms with Crippen molar-refractivity contribution in [1.82, 2.24) is 5.32 Å². The second-order valence-corrected chi connectivity index (χ2v) is 11.8. The Hall–Kier alpha value is -1.58. The number of carbonyl (C=O) groups is 1. The summed E-state index contributed by atoms with van der Waals surface area (Å²) in [5, 5.41) is 2.54. The average molecular weight is 489 g/mol. The zero-order valence-electron chi connectivity index (χ0n) is 20.2.